The van der Waals surface area contributed by atoms with Gasteiger partial charge in [-0.1, -0.05) is 12.1 Å². The van der Waals surface area contributed by atoms with Gasteiger partial charge in [0, 0.05) is 44.9 Å². The lowest BCUT2D eigenvalue weighted by molar-refractivity contribution is -0.135. The molecule has 3 fully saturated rings. The van der Waals surface area contributed by atoms with Crippen LogP contribution in [0.15, 0.2) is 64.8 Å². The molecule has 0 saturated carbocycles. The Bertz CT molecular complexity index is 2800. The lowest BCUT2D eigenvalue weighted by Crippen LogP contribution is -2.44. The number of rotatable bonds is 11. The molecule has 1 atom stereocenters. The van der Waals surface area contributed by atoms with Crippen LogP contribution in [0.1, 0.15) is 69.9 Å². The Balaban J connectivity index is 0.809. The number of aryl methyl sites for hydroxylation is 1. The smallest absolute Gasteiger partial charge is 0.329 e. The number of nitrogens with zero attached hydrogens (tertiary/aromatic N) is 9. The summed E-state index contributed by atoms with van der Waals surface area (Å²) in [5.41, 5.74) is 3.92. The number of anilines is 2. The molecule has 18 nitrogen and oxygen atoms in total. The highest BCUT2D eigenvalue weighted by atomic mass is 32.2. The van der Waals surface area contributed by atoms with E-state index in [1.165, 1.54) is 31.8 Å². The van der Waals surface area contributed by atoms with Gasteiger partial charge in [0.2, 0.25) is 33.4 Å². The number of aromatic amines is 1. The molecule has 3 aliphatic heterocycles. The van der Waals surface area contributed by atoms with Gasteiger partial charge in [0.15, 0.2) is 5.75 Å². The number of hydrogen-bond acceptors (Lipinski definition) is 12. The molecule has 2 aromatic carbocycles. The standard InChI is InChI=1S/C41H47FN12O6S/c1-24(2)60-37-35(27-20-44-45-21-27)43-23-53-38(37)48-40(49-53)46-31-8-7-28(19-30(31)42)61(58,59)52-17-11-25(12-18-52)22-51-15-13-26(14-16-51)29-5-4-6-32-36(29)50(3)41(57)54(32)33-9-10-34(55)47-39(33)56/h4-8,19-21,23-26,33H,9-18,22H2,1-3H3,(H,44,45)(H,46,49)(H,47,55,56)/t33-/m0/s1. The van der Waals surface area contributed by atoms with Gasteiger partial charge in [-0.15, -0.1) is 5.10 Å². The number of aromatic nitrogens is 8. The van der Waals surface area contributed by atoms with Gasteiger partial charge < -0.3 is 15.0 Å². The zero-order valence-electron chi connectivity index (χ0n) is 34.0. The summed E-state index contributed by atoms with van der Waals surface area (Å²) in [6.07, 6.45) is 8.23. The third-order valence-electron chi connectivity index (χ3n) is 12.1. The number of nitrogens with one attached hydrogen (secondary N) is 3. The Hall–Kier alpha value is -5.99. The predicted octanol–water partition coefficient (Wildman–Crippen LogP) is 4.10. The third kappa shape index (κ3) is 7.67. The first-order valence-corrected chi connectivity index (χ1v) is 22.0. The van der Waals surface area contributed by atoms with Gasteiger partial charge in [-0.05, 0) is 101 Å². The number of ether oxygens (including phenoxy) is 1. The van der Waals surface area contributed by atoms with Gasteiger partial charge in [-0.3, -0.25) is 29.1 Å². The van der Waals surface area contributed by atoms with Crippen LogP contribution in [-0.4, -0.2) is 107 Å². The zero-order valence-corrected chi connectivity index (χ0v) is 34.9. The van der Waals surface area contributed by atoms with Crippen LogP contribution in [0, 0.1) is 11.7 Å². The molecule has 0 radical (unpaired) electrons. The maximum atomic E-state index is 15.6. The summed E-state index contributed by atoms with van der Waals surface area (Å²) in [5.74, 6) is -0.536. The van der Waals surface area contributed by atoms with E-state index in [1.807, 2.05) is 26.0 Å². The van der Waals surface area contributed by atoms with Crippen molar-refractivity contribution in [1.29, 1.82) is 0 Å². The molecular formula is C41H47FN12O6S. The second kappa shape index (κ2) is 16.1. The Labute approximate surface area is 350 Å². The van der Waals surface area contributed by atoms with Crippen molar-refractivity contribution in [2.24, 2.45) is 13.0 Å². The fraction of sp³-hybridized carbons (Fsp3) is 0.439. The number of para-hydroxylation sites is 1. The molecule has 0 spiro atoms. The molecule has 0 aliphatic carbocycles. The Kier molecular flexibility index (Phi) is 10.7. The number of carbonyl (C=O) groups excluding carboxylic acids is 2. The van der Waals surface area contributed by atoms with Crippen LogP contribution in [-0.2, 0) is 26.7 Å². The van der Waals surface area contributed by atoms with E-state index in [2.05, 4.69) is 46.9 Å². The van der Waals surface area contributed by atoms with Crippen molar-refractivity contribution in [3.8, 4) is 17.0 Å². The summed E-state index contributed by atoms with van der Waals surface area (Å²) in [4.78, 5) is 49.3. The largest absolute Gasteiger partial charge is 0.485 e. The summed E-state index contributed by atoms with van der Waals surface area (Å²) in [7, 11) is -2.21. The monoisotopic (exact) mass is 854 g/mol. The Morgan fingerprint density at radius 3 is 2.51 bits per heavy atom. The van der Waals surface area contributed by atoms with Gasteiger partial charge in [0.05, 0.1) is 33.9 Å². The van der Waals surface area contributed by atoms with Crippen molar-refractivity contribution < 1.29 is 27.1 Å². The highest BCUT2D eigenvalue weighted by Gasteiger charge is 2.34. The summed E-state index contributed by atoms with van der Waals surface area (Å²) in [6.45, 7) is 7.01. The quantitative estimate of drug-likeness (QED) is 0.158. The first-order valence-electron chi connectivity index (χ1n) is 20.6. The fourth-order valence-corrected chi connectivity index (χ4v) is 10.5. The molecule has 3 N–H and O–H groups in total. The molecule has 20 heteroatoms. The van der Waals surface area contributed by atoms with E-state index in [0.29, 0.717) is 60.0 Å². The minimum Gasteiger partial charge on any atom is -0.485 e. The Morgan fingerprint density at radius 2 is 1.80 bits per heavy atom. The summed E-state index contributed by atoms with van der Waals surface area (Å²) < 4.78 is 55.1. The number of hydrogen-bond donors (Lipinski definition) is 3. The molecule has 61 heavy (non-hydrogen) atoms. The number of imidazole rings is 1. The molecule has 0 unspecified atom stereocenters. The van der Waals surface area contributed by atoms with Crippen molar-refractivity contribution in [2.45, 2.75) is 75.3 Å². The first-order chi connectivity index (χ1) is 29.3. The van der Waals surface area contributed by atoms with E-state index in [1.54, 1.807) is 24.0 Å². The topological polar surface area (TPSA) is 207 Å². The molecule has 320 valence electrons. The second-order valence-corrected chi connectivity index (χ2v) is 18.3. The molecule has 9 rings (SSSR count). The van der Waals surface area contributed by atoms with Gasteiger partial charge in [-0.2, -0.15) is 18.9 Å². The summed E-state index contributed by atoms with van der Waals surface area (Å²) in [5, 5.41) is 16.4. The molecular weight excluding hydrogens is 808 g/mol. The fourth-order valence-electron chi connectivity index (χ4n) is 9.00. The predicted molar refractivity (Wildman–Crippen MR) is 222 cm³/mol. The molecule has 7 heterocycles. The van der Waals surface area contributed by atoms with Gasteiger partial charge >= 0.3 is 5.69 Å². The zero-order chi connectivity index (χ0) is 42.6. The highest BCUT2D eigenvalue weighted by Crippen LogP contribution is 2.36. The van der Waals surface area contributed by atoms with Crippen molar-refractivity contribution in [1.82, 2.24) is 53.4 Å². The highest BCUT2D eigenvalue weighted by molar-refractivity contribution is 7.89. The molecule has 2 amide bonds. The first kappa shape index (κ1) is 40.4. The van der Waals surface area contributed by atoms with Crippen molar-refractivity contribution >= 4 is 50.2 Å². The third-order valence-corrected chi connectivity index (χ3v) is 14.0. The van der Waals surface area contributed by atoms with E-state index in [9.17, 15) is 22.8 Å². The van der Waals surface area contributed by atoms with Crippen molar-refractivity contribution in [3.63, 3.8) is 0 Å². The molecule has 3 aliphatic rings. The number of fused-ring (bicyclic) bond motifs is 2. The number of imide groups is 1. The number of carbonyl (C=O) groups is 2. The second-order valence-electron chi connectivity index (χ2n) is 16.4. The number of benzene rings is 2. The number of piperidine rings is 3. The lowest BCUT2D eigenvalue weighted by atomic mass is 9.87. The summed E-state index contributed by atoms with van der Waals surface area (Å²) >= 11 is 0. The van der Waals surface area contributed by atoms with Crippen LogP contribution in [0.4, 0.5) is 16.0 Å². The van der Waals surface area contributed by atoms with Gasteiger partial charge in [0.1, 0.15) is 23.9 Å². The van der Waals surface area contributed by atoms with Crippen LogP contribution < -0.4 is 21.1 Å². The lowest BCUT2D eigenvalue weighted by Gasteiger charge is -2.37. The number of sulfonamides is 1. The van der Waals surface area contributed by atoms with E-state index >= 15 is 4.39 Å². The summed E-state index contributed by atoms with van der Waals surface area (Å²) in [6, 6.07) is 8.93. The minimum atomic E-state index is -3.95. The average molecular weight is 855 g/mol. The maximum Gasteiger partial charge on any atom is 0.329 e. The number of likely N-dealkylation sites (tertiary alicyclic amines) is 1. The number of H-pyrrole nitrogens is 1. The van der Waals surface area contributed by atoms with Gasteiger partial charge in [0.25, 0.3) is 0 Å². The van der Waals surface area contributed by atoms with E-state index in [0.717, 1.165) is 49.6 Å². The molecule has 3 saturated heterocycles. The van der Waals surface area contributed by atoms with Crippen LogP contribution >= 0.6 is 0 Å². The molecule has 4 aromatic heterocycles. The SMILES string of the molecule is CC(C)Oc1c(-c2cn[nH]c2)ncn2nc(Nc3ccc(S(=O)(=O)N4CCC(CN5CCC(c6cccc7c6n(C)c(=O)n7[C@H]6CCC(=O)NC6=O)CC5)CC4)cc3F)nc12. The van der Waals surface area contributed by atoms with Gasteiger partial charge in [-0.25, -0.2) is 22.6 Å². The van der Waals surface area contributed by atoms with Crippen molar-refractivity contribution in [2.75, 3.05) is 38.0 Å². The Morgan fingerprint density at radius 1 is 1.02 bits per heavy atom. The average Bonchev–Trinajstić information content (AvgIpc) is 3.98. The maximum absolute atomic E-state index is 15.6. The van der Waals surface area contributed by atoms with Crippen LogP contribution in [0.2, 0.25) is 0 Å². The normalized spacial score (nSPS) is 19.0. The van der Waals surface area contributed by atoms with Crippen LogP contribution in [0.3, 0.4) is 0 Å². The minimum absolute atomic E-state index is 0.0121. The molecule has 6 aromatic rings. The molecule has 0 bridgehead atoms. The van der Waals surface area contributed by atoms with Crippen molar-refractivity contribution in [3.05, 3.63) is 77.0 Å². The number of amides is 2. The van der Waals surface area contributed by atoms with Crippen LogP contribution in [0.5, 0.6) is 5.75 Å². The van der Waals surface area contributed by atoms with Crippen LogP contribution in [0.25, 0.3) is 27.9 Å². The van der Waals surface area contributed by atoms with E-state index in [4.69, 9.17) is 4.74 Å². The van der Waals surface area contributed by atoms with E-state index in [-0.39, 0.29) is 53.0 Å². The number of halogens is 1. The van der Waals surface area contributed by atoms with E-state index < -0.39 is 27.8 Å².